The Labute approximate surface area is 145 Å². The van der Waals surface area contributed by atoms with Crippen LogP contribution in [0.4, 0.5) is 0 Å². The largest absolute Gasteiger partial charge is 0.361 e. The van der Waals surface area contributed by atoms with Crippen LogP contribution in [0.2, 0.25) is 0 Å². The lowest BCUT2D eigenvalue weighted by molar-refractivity contribution is 0.313. The van der Waals surface area contributed by atoms with Gasteiger partial charge in [-0.05, 0) is 38.1 Å². The van der Waals surface area contributed by atoms with Gasteiger partial charge in [-0.25, -0.2) is 0 Å². The summed E-state index contributed by atoms with van der Waals surface area (Å²) in [7, 11) is 0. The number of rotatable bonds is 9. The van der Waals surface area contributed by atoms with Crippen molar-refractivity contribution in [2.75, 3.05) is 39.3 Å². The zero-order valence-electron chi connectivity index (χ0n) is 15.2. The molecule has 0 saturated heterocycles. The molecule has 2 aromatic rings. The predicted octanol–water partition coefficient (Wildman–Crippen LogP) is 2.61. The van der Waals surface area contributed by atoms with E-state index in [9.17, 15) is 0 Å². The minimum atomic E-state index is 0.824. The number of guanidine groups is 1. The molecule has 0 bridgehead atoms. The SMILES string of the molecule is CCNC(=NCCN(CC)CC)NCCc1c[nH]c2ccccc12. The summed E-state index contributed by atoms with van der Waals surface area (Å²) in [4.78, 5) is 10.4. The number of nitrogens with zero attached hydrogens (tertiary/aromatic N) is 2. The second-order valence-electron chi connectivity index (χ2n) is 5.82. The van der Waals surface area contributed by atoms with Gasteiger partial charge in [0.2, 0.25) is 0 Å². The van der Waals surface area contributed by atoms with Crippen LogP contribution in [0.5, 0.6) is 0 Å². The Morgan fingerprint density at radius 1 is 1.12 bits per heavy atom. The molecule has 5 heteroatoms. The van der Waals surface area contributed by atoms with Gasteiger partial charge in [-0.2, -0.15) is 0 Å². The second-order valence-corrected chi connectivity index (χ2v) is 5.82. The van der Waals surface area contributed by atoms with Crippen LogP contribution in [-0.4, -0.2) is 55.1 Å². The Morgan fingerprint density at radius 3 is 2.67 bits per heavy atom. The Bertz CT molecular complexity index is 627. The summed E-state index contributed by atoms with van der Waals surface area (Å²) in [5.74, 6) is 0.907. The summed E-state index contributed by atoms with van der Waals surface area (Å²) < 4.78 is 0. The average molecular weight is 329 g/mol. The second kappa shape index (κ2) is 9.98. The molecule has 1 aromatic heterocycles. The molecule has 1 aromatic carbocycles. The van der Waals surface area contributed by atoms with E-state index in [0.29, 0.717) is 0 Å². The van der Waals surface area contributed by atoms with E-state index in [2.05, 4.69) is 76.7 Å². The lowest BCUT2D eigenvalue weighted by atomic mass is 10.1. The molecular formula is C19H31N5. The third kappa shape index (κ3) is 5.27. The minimum absolute atomic E-state index is 0.824. The van der Waals surface area contributed by atoms with E-state index < -0.39 is 0 Å². The zero-order chi connectivity index (χ0) is 17.2. The number of hydrogen-bond acceptors (Lipinski definition) is 2. The Kier molecular flexibility index (Phi) is 7.62. The van der Waals surface area contributed by atoms with Crippen LogP contribution >= 0.6 is 0 Å². The monoisotopic (exact) mass is 329 g/mol. The number of hydrogen-bond donors (Lipinski definition) is 3. The molecule has 0 unspecified atom stereocenters. The average Bonchev–Trinajstić information content (AvgIpc) is 3.02. The maximum Gasteiger partial charge on any atom is 0.191 e. The number of nitrogens with one attached hydrogen (secondary N) is 3. The highest BCUT2D eigenvalue weighted by atomic mass is 15.2. The first kappa shape index (κ1) is 18.3. The molecule has 0 saturated carbocycles. The van der Waals surface area contributed by atoms with Gasteiger partial charge in [0.25, 0.3) is 0 Å². The molecule has 132 valence electrons. The van der Waals surface area contributed by atoms with Crippen LogP contribution in [0.15, 0.2) is 35.5 Å². The first-order valence-electron chi connectivity index (χ1n) is 9.08. The summed E-state index contributed by atoms with van der Waals surface area (Å²) in [5.41, 5.74) is 2.55. The number of H-pyrrole nitrogens is 1. The predicted molar refractivity (Wildman–Crippen MR) is 104 cm³/mol. The summed E-state index contributed by atoms with van der Waals surface area (Å²) in [6, 6.07) is 8.44. The van der Waals surface area contributed by atoms with E-state index in [0.717, 1.165) is 51.6 Å². The van der Waals surface area contributed by atoms with Crippen molar-refractivity contribution in [3.63, 3.8) is 0 Å². The molecule has 5 nitrogen and oxygen atoms in total. The topological polar surface area (TPSA) is 55.5 Å². The van der Waals surface area contributed by atoms with Crippen LogP contribution in [0.1, 0.15) is 26.3 Å². The molecule has 0 fully saturated rings. The molecule has 24 heavy (non-hydrogen) atoms. The third-order valence-corrected chi connectivity index (χ3v) is 4.29. The highest BCUT2D eigenvalue weighted by molar-refractivity contribution is 5.83. The van der Waals surface area contributed by atoms with Crippen LogP contribution < -0.4 is 10.6 Å². The minimum Gasteiger partial charge on any atom is -0.361 e. The Morgan fingerprint density at radius 2 is 1.92 bits per heavy atom. The van der Waals surface area contributed by atoms with Crippen molar-refractivity contribution in [2.45, 2.75) is 27.2 Å². The molecule has 3 N–H and O–H groups in total. The normalized spacial score (nSPS) is 12.1. The fourth-order valence-electron chi connectivity index (χ4n) is 2.84. The lowest BCUT2D eigenvalue weighted by Gasteiger charge is -2.17. The van der Waals surface area contributed by atoms with E-state index in [1.165, 1.54) is 16.5 Å². The van der Waals surface area contributed by atoms with Crippen molar-refractivity contribution in [2.24, 2.45) is 4.99 Å². The van der Waals surface area contributed by atoms with Gasteiger partial charge in [-0.1, -0.05) is 32.0 Å². The molecule has 0 radical (unpaired) electrons. The lowest BCUT2D eigenvalue weighted by Crippen LogP contribution is -2.39. The Balaban J connectivity index is 1.84. The fourth-order valence-corrected chi connectivity index (χ4v) is 2.84. The van der Waals surface area contributed by atoms with Crippen molar-refractivity contribution < 1.29 is 0 Å². The van der Waals surface area contributed by atoms with Gasteiger partial charge in [0.1, 0.15) is 0 Å². The molecule has 2 rings (SSSR count). The van der Waals surface area contributed by atoms with Crippen LogP contribution in [-0.2, 0) is 6.42 Å². The molecule has 0 atom stereocenters. The number of para-hydroxylation sites is 1. The fraction of sp³-hybridized carbons (Fsp3) is 0.526. The molecular weight excluding hydrogens is 298 g/mol. The summed E-state index contributed by atoms with van der Waals surface area (Å²) >= 11 is 0. The van der Waals surface area contributed by atoms with Crippen molar-refractivity contribution in [1.29, 1.82) is 0 Å². The van der Waals surface area contributed by atoms with Crippen LogP contribution in [0.25, 0.3) is 10.9 Å². The summed E-state index contributed by atoms with van der Waals surface area (Å²) in [6.45, 7) is 12.2. The highest BCUT2D eigenvalue weighted by Gasteiger charge is 2.04. The number of aromatic nitrogens is 1. The molecule has 1 heterocycles. The molecule has 0 aliphatic rings. The summed E-state index contributed by atoms with van der Waals surface area (Å²) in [6.07, 6.45) is 3.08. The molecule has 0 amide bonds. The van der Waals surface area contributed by atoms with Gasteiger partial charge in [0, 0.05) is 36.7 Å². The first-order valence-corrected chi connectivity index (χ1v) is 9.08. The quantitative estimate of drug-likeness (QED) is 0.490. The van der Waals surface area contributed by atoms with Gasteiger partial charge in [0.05, 0.1) is 6.54 Å². The van der Waals surface area contributed by atoms with Crippen LogP contribution in [0.3, 0.4) is 0 Å². The van der Waals surface area contributed by atoms with E-state index in [1.807, 2.05) is 0 Å². The van der Waals surface area contributed by atoms with Crippen molar-refractivity contribution in [3.8, 4) is 0 Å². The van der Waals surface area contributed by atoms with E-state index in [-0.39, 0.29) is 0 Å². The van der Waals surface area contributed by atoms with Gasteiger partial charge < -0.3 is 20.5 Å². The standard InChI is InChI=1S/C19H31N5/c1-4-20-19(22-13-14-24(5-2)6-3)21-12-11-16-15-23-18-10-8-7-9-17(16)18/h7-10,15,23H,4-6,11-14H2,1-3H3,(H2,20,21,22). The van der Waals surface area contributed by atoms with Gasteiger partial charge >= 0.3 is 0 Å². The third-order valence-electron chi connectivity index (χ3n) is 4.29. The maximum atomic E-state index is 4.68. The van der Waals surface area contributed by atoms with Gasteiger partial charge in [0.15, 0.2) is 5.96 Å². The molecule has 0 spiro atoms. The molecule has 0 aliphatic heterocycles. The van der Waals surface area contributed by atoms with Crippen LogP contribution in [0, 0.1) is 0 Å². The zero-order valence-corrected chi connectivity index (χ0v) is 15.2. The number of fused-ring (bicyclic) bond motifs is 1. The van der Waals surface area contributed by atoms with E-state index in [1.54, 1.807) is 0 Å². The summed E-state index contributed by atoms with van der Waals surface area (Å²) in [5, 5.41) is 8.07. The maximum absolute atomic E-state index is 4.68. The number of likely N-dealkylation sites (N-methyl/N-ethyl adjacent to an activating group) is 1. The molecule has 0 aliphatic carbocycles. The van der Waals surface area contributed by atoms with Crippen molar-refractivity contribution >= 4 is 16.9 Å². The van der Waals surface area contributed by atoms with E-state index in [4.69, 9.17) is 0 Å². The first-order chi connectivity index (χ1) is 11.8. The Hall–Kier alpha value is -2.01. The smallest absolute Gasteiger partial charge is 0.191 e. The van der Waals surface area contributed by atoms with Gasteiger partial charge in [-0.15, -0.1) is 0 Å². The highest BCUT2D eigenvalue weighted by Crippen LogP contribution is 2.17. The number of aliphatic imine (C=N–C) groups is 1. The number of benzene rings is 1. The van der Waals surface area contributed by atoms with Crippen molar-refractivity contribution in [1.82, 2.24) is 20.5 Å². The van der Waals surface area contributed by atoms with Crippen molar-refractivity contribution in [3.05, 3.63) is 36.0 Å². The van der Waals surface area contributed by atoms with E-state index >= 15 is 0 Å². The van der Waals surface area contributed by atoms with Gasteiger partial charge in [-0.3, -0.25) is 4.99 Å². The number of aromatic amines is 1.